The molecule has 0 aliphatic carbocycles. The molecule has 2 heterocycles. The van der Waals surface area contributed by atoms with Crippen molar-refractivity contribution in [1.29, 1.82) is 0 Å². The van der Waals surface area contributed by atoms with Crippen molar-refractivity contribution in [3.05, 3.63) is 41.8 Å². The minimum Gasteiger partial charge on any atom is -0.468 e. The van der Waals surface area contributed by atoms with Gasteiger partial charge in [0.2, 0.25) is 5.88 Å². The van der Waals surface area contributed by atoms with Gasteiger partial charge in [-0.3, -0.25) is 9.59 Å². The van der Waals surface area contributed by atoms with Gasteiger partial charge in [0.15, 0.2) is 12.3 Å². The molecule has 3 rings (SSSR count). The molecule has 8 heteroatoms. The zero-order valence-electron chi connectivity index (χ0n) is 13.9. The van der Waals surface area contributed by atoms with E-state index in [0.29, 0.717) is 11.6 Å². The number of benzene rings is 1. The van der Waals surface area contributed by atoms with Crippen molar-refractivity contribution < 1.29 is 18.7 Å². The molecule has 1 fully saturated rings. The zero-order chi connectivity index (χ0) is 17.8. The number of carbonyl (C=O) groups is 2. The molecule has 1 aromatic carbocycles. The lowest BCUT2D eigenvalue weighted by Gasteiger charge is -2.15. The van der Waals surface area contributed by atoms with Crippen molar-refractivity contribution in [2.45, 2.75) is 12.8 Å². The molecule has 0 spiro atoms. The van der Waals surface area contributed by atoms with Crippen molar-refractivity contribution in [2.24, 2.45) is 7.05 Å². The van der Waals surface area contributed by atoms with Crippen LogP contribution in [0.5, 0.6) is 5.88 Å². The van der Waals surface area contributed by atoms with Crippen LogP contribution in [0.2, 0.25) is 0 Å². The molecular formula is C17H19FN4O3. The highest BCUT2D eigenvalue weighted by Crippen LogP contribution is 2.15. The number of aromatic nitrogens is 2. The van der Waals surface area contributed by atoms with Gasteiger partial charge in [0.25, 0.3) is 11.8 Å². The quantitative estimate of drug-likeness (QED) is 0.896. The number of likely N-dealkylation sites (tertiary alicyclic amines) is 1. The lowest BCUT2D eigenvalue weighted by atomic mass is 10.3. The Morgan fingerprint density at radius 3 is 2.60 bits per heavy atom. The van der Waals surface area contributed by atoms with Gasteiger partial charge in [-0.25, -0.2) is 9.07 Å². The van der Waals surface area contributed by atoms with Crippen LogP contribution in [0.15, 0.2) is 30.3 Å². The van der Waals surface area contributed by atoms with E-state index in [0.717, 1.165) is 25.9 Å². The van der Waals surface area contributed by atoms with Gasteiger partial charge in [0.1, 0.15) is 5.82 Å². The number of hydrogen-bond acceptors (Lipinski definition) is 4. The van der Waals surface area contributed by atoms with Crippen molar-refractivity contribution in [1.82, 2.24) is 14.7 Å². The van der Waals surface area contributed by atoms with Gasteiger partial charge in [-0.15, -0.1) is 0 Å². The average Bonchev–Trinajstić information content (AvgIpc) is 3.25. The van der Waals surface area contributed by atoms with Gasteiger partial charge < -0.3 is 15.0 Å². The fourth-order valence-corrected chi connectivity index (χ4v) is 2.62. The standard InChI is InChI=1S/C17H19FN4O3/c1-21-16(25-11-15(23)22-8-2-3-9-22)10-14(20-21)17(24)19-13-6-4-12(18)5-7-13/h4-7,10H,2-3,8-9,11H2,1H3,(H,19,24). The van der Waals surface area contributed by atoms with E-state index in [4.69, 9.17) is 4.74 Å². The van der Waals surface area contributed by atoms with Crippen LogP contribution >= 0.6 is 0 Å². The molecule has 2 amide bonds. The van der Waals surface area contributed by atoms with Gasteiger partial charge in [-0.1, -0.05) is 0 Å². The summed E-state index contributed by atoms with van der Waals surface area (Å²) in [4.78, 5) is 26.0. The number of anilines is 1. The molecule has 0 saturated carbocycles. The van der Waals surface area contributed by atoms with E-state index in [1.165, 1.54) is 35.0 Å². The monoisotopic (exact) mass is 346 g/mol. The van der Waals surface area contributed by atoms with Crippen molar-refractivity contribution >= 4 is 17.5 Å². The summed E-state index contributed by atoms with van der Waals surface area (Å²) >= 11 is 0. The fourth-order valence-electron chi connectivity index (χ4n) is 2.62. The number of rotatable bonds is 5. The summed E-state index contributed by atoms with van der Waals surface area (Å²) in [5.74, 6) is -0.565. The summed E-state index contributed by atoms with van der Waals surface area (Å²) in [5.41, 5.74) is 0.610. The average molecular weight is 346 g/mol. The second-order valence-electron chi connectivity index (χ2n) is 5.83. The van der Waals surface area contributed by atoms with Gasteiger partial charge in [-0.05, 0) is 37.1 Å². The van der Waals surface area contributed by atoms with Crippen LogP contribution in [0.3, 0.4) is 0 Å². The summed E-state index contributed by atoms with van der Waals surface area (Å²) in [7, 11) is 1.63. The van der Waals surface area contributed by atoms with Gasteiger partial charge in [0.05, 0.1) is 0 Å². The first-order valence-electron chi connectivity index (χ1n) is 8.04. The predicted molar refractivity (Wildman–Crippen MR) is 88.9 cm³/mol. The van der Waals surface area contributed by atoms with Crippen LogP contribution in [0.4, 0.5) is 10.1 Å². The SMILES string of the molecule is Cn1nc(C(=O)Nc2ccc(F)cc2)cc1OCC(=O)N1CCCC1. The molecule has 0 atom stereocenters. The summed E-state index contributed by atoms with van der Waals surface area (Å²) in [6, 6.07) is 6.90. The number of amides is 2. The summed E-state index contributed by atoms with van der Waals surface area (Å²) in [6.07, 6.45) is 2.04. The summed E-state index contributed by atoms with van der Waals surface area (Å²) in [6.45, 7) is 1.44. The second-order valence-corrected chi connectivity index (χ2v) is 5.83. The first-order chi connectivity index (χ1) is 12.0. The van der Waals surface area contributed by atoms with Crippen LogP contribution in [-0.2, 0) is 11.8 Å². The molecule has 1 saturated heterocycles. The Balaban J connectivity index is 1.60. The fraction of sp³-hybridized carbons (Fsp3) is 0.353. The number of carbonyl (C=O) groups excluding carboxylic acids is 2. The van der Waals surface area contributed by atoms with Crippen molar-refractivity contribution in [3.63, 3.8) is 0 Å². The minimum absolute atomic E-state index is 0.0731. The molecule has 1 N–H and O–H groups in total. The van der Waals surface area contributed by atoms with Crippen LogP contribution in [-0.4, -0.2) is 46.2 Å². The highest BCUT2D eigenvalue weighted by molar-refractivity contribution is 6.03. The third-order valence-corrected chi connectivity index (χ3v) is 3.97. The first-order valence-corrected chi connectivity index (χ1v) is 8.04. The molecular weight excluding hydrogens is 327 g/mol. The van der Waals surface area contributed by atoms with Crippen LogP contribution in [0.25, 0.3) is 0 Å². The number of nitrogens with one attached hydrogen (secondary N) is 1. The van der Waals surface area contributed by atoms with Gasteiger partial charge in [-0.2, -0.15) is 5.10 Å². The topological polar surface area (TPSA) is 76.5 Å². The lowest BCUT2D eigenvalue weighted by molar-refractivity contribution is -0.132. The van der Waals surface area contributed by atoms with E-state index < -0.39 is 5.91 Å². The number of aryl methyl sites for hydroxylation is 1. The van der Waals surface area contributed by atoms with E-state index in [-0.39, 0.29) is 24.0 Å². The second kappa shape index (κ2) is 7.33. The third-order valence-electron chi connectivity index (χ3n) is 3.97. The Labute approximate surface area is 144 Å². The van der Waals surface area contributed by atoms with E-state index in [9.17, 15) is 14.0 Å². The molecule has 7 nitrogen and oxygen atoms in total. The van der Waals surface area contributed by atoms with Crippen LogP contribution < -0.4 is 10.1 Å². The molecule has 25 heavy (non-hydrogen) atoms. The maximum Gasteiger partial charge on any atom is 0.276 e. The molecule has 132 valence electrons. The molecule has 0 unspecified atom stereocenters. The molecule has 1 aromatic heterocycles. The number of nitrogens with zero attached hydrogens (tertiary/aromatic N) is 3. The minimum atomic E-state index is -0.442. The third kappa shape index (κ3) is 4.14. The van der Waals surface area contributed by atoms with E-state index in [2.05, 4.69) is 10.4 Å². The first kappa shape index (κ1) is 16.9. The molecule has 2 aromatic rings. The van der Waals surface area contributed by atoms with Crippen molar-refractivity contribution in [3.8, 4) is 5.88 Å². The normalized spacial score (nSPS) is 13.8. The highest BCUT2D eigenvalue weighted by atomic mass is 19.1. The number of halogens is 1. The predicted octanol–water partition coefficient (Wildman–Crippen LogP) is 1.81. The maximum absolute atomic E-state index is 12.9. The Hall–Kier alpha value is -2.90. The van der Waals surface area contributed by atoms with Crippen molar-refractivity contribution in [2.75, 3.05) is 25.0 Å². The van der Waals surface area contributed by atoms with E-state index >= 15 is 0 Å². The van der Waals surface area contributed by atoms with E-state index in [1.807, 2.05) is 0 Å². The largest absolute Gasteiger partial charge is 0.468 e. The van der Waals surface area contributed by atoms with Gasteiger partial charge >= 0.3 is 0 Å². The van der Waals surface area contributed by atoms with Crippen LogP contribution in [0, 0.1) is 5.82 Å². The lowest BCUT2D eigenvalue weighted by Crippen LogP contribution is -2.32. The number of ether oxygens (including phenoxy) is 1. The molecule has 0 radical (unpaired) electrons. The molecule has 1 aliphatic rings. The van der Waals surface area contributed by atoms with E-state index in [1.54, 1.807) is 11.9 Å². The highest BCUT2D eigenvalue weighted by Gasteiger charge is 2.20. The Bertz CT molecular complexity index is 767. The Morgan fingerprint density at radius 2 is 1.92 bits per heavy atom. The Kier molecular flexibility index (Phi) is 4.97. The Morgan fingerprint density at radius 1 is 1.24 bits per heavy atom. The molecule has 1 aliphatic heterocycles. The summed E-state index contributed by atoms with van der Waals surface area (Å²) < 4.78 is 19.8. The van der Waals surface area contributed by atoms with Gasteiger partial charge in [0, 0.05) is 31.9 Å². The zero-order valence-corrected chi connectivity index (χ0v) is 13.9. The number of hydrogen-bond donors (Lipinski definition) is 1. The van der Waals surface area contributed by atoms with Crippen LogP contribution in [0.1, 0.15) is 23.3 Å². The molecule has 0 bridgehead atoms. The summed E-state index contributed by atoms with van der Waals surface area (Å²) in [5, 5.41) is 6.70. The smallest absolute Gasteiger partial charge is 0.276 e. The maximum atomic E-state index is 12.9.